The zero-order valence-corrected chi connectivity index (χ0v) is 19.8. The van der Waals surface area contributed by atoms with Crippen molar-refractivity contribution in [1.29, 1.82) is 0 Å². The SMILES string of the molecule is CCc1ccc(C2C(C)C(N3CCC(C(=O)NCc4ccc(C)o4)CC3)NS2(=O)=O)cc1. The maximum Gasteiger partial charge on any atom is 0.223 e. The van der Waals surface area contributed by atoms with Crippen LogP contribution in [0.2, 0.25) is 0 Å². The highest BCUT2D eigenvalue weighted by Gasteiger charge is 2.48. The second kappa shape index (κ2) is 9.37. The summed E-state index contributed by atoms with van der Waals surface area (Å²) in [6, 6.07) is 11.7. The van der Waals surface area contributed by atoms with E-state index in [0.29, 0.717) is 32.5 Å². The quantitative estimate of drug-likeness (QED) is 0.693. The van der Waals surface area contributed by atoms with Crippen molar-refractivity contribution in [2.45, 2.75) is 58.0 Å². The molecule has 2 aromatic rings. The number of likely N-dealkylation sites (tertiary alicyclic amines) is 1. The number of nitrogens with one attached hydrogen (secondary N) is 2. The number of hydrogen-bond acceptors (Lipinski definition) is 5. The summed E-state index contributed by atoms with van der Waals surface area (Å²) < 4.78 is 34.3. The molecule has 2 saturated heterocycles. The van der Waals surface area contributed by atoms with E-state index >= 15 is 0 Å². The molecule has 0 saturated carbocycles. The standard InChI is InChI=1S/C24H33N3O4S/c1-4-18-6-8-19(9-7-18)22-17(3)23(26-32(22,29)30)27-13-11-20(12-14-27)24(28)25-15-21-10-5-16(2)31-21/h5-10,17,20,22-23,26H,4,11-15H2,1-3H3,(H,25,28). The fourth-order valence-corrected chi connectivity index (χ4v) is 7.04. The molecule has 2 aliphatic rings. The number of piperidine rings is 1. The Morgan fingerprint density at radius 2 is 1.84 bits per heavy atom. The van der Waals surface area contributed by atoms with Crippen molar-refractivity contribution in [3.8, 4) is 0 Å². The van der Waals surface area contributed by atoms with E-state index in [1.54, 1.807) is 0 Å². The van der Waals surface area contributed by atoms with Gasteiger partial charge in [0.05, 0.1) is 12.7 Å². The van der Waals surface area contributed by atoms with Crippen LogP contribution in [0.5, 0.6) is 0 Å². The molecule has 0 spiro atoms. The first-order chi connectivity index (χ1) is 15.3. The normalized spacial score (nSPS) is 26.3. The van der Waals surface area contributed by atoms with Crippen molar-refractivity contribution in [2.24, 2.45) is 11.8 Å². The van der Waals surface area contributed by atoms with Gasteiger partial charge in [-0.15, -0.1) is 0 Å². The molecule has 8 heteroatoms. The molecule has 2 N–H and O–H groups in total. The van der Waals surface area contributed by atoms with E-state index in [4.69, 9.17) is 4.42 Å². The van der Waals surface area contributed by atoms with Crippen LogP contribution >= 0.6 is 0 Å². The number of aryl methyl sites for hydroxylation is 2. The van der Waals surface area contributed by atoms with Crippen LogP contribution in [0.15, 0.2) is 40.8 Å². The number of furan rings is 1. The highest BCUT2D eigenvalue weighted by molar-refractivity contribution is 7.90. The third kappa shape index (κ3) is 4.77. The van der Waals surface area contributed by atoms with Gasteiger partial charge in [-0.3, -0.25) is 9.69 Å². The Kier molecular flexibility index (Phi) is 6.74. The van der Waals surface area contributed by atoms with Crippen molar-refractivity contribution in [2.75, 3.05) is 13.1 Å². The fraction of sp³-hybridized carbons (Fsp3) is 0.542. The summed E-state index contributed by atoms with van der Waals surface area (Å²) in [6.07, 6.45) is 2.11. The van der Waals surface area contributed by atoms with Crippen LogP contribution in [-0.4, -0.2) is 38.5 Å². The Morgan fingerprint density at radius 3 is 2.44 bits per heavy atom. The lowest BCUT2D eigenvalue weighted by atomic mass is 9.92. The molecule has 1 aromatic heterocycles. The summed E-state index contributed by atoms with van der Waals surface area (Å²) in [5.74, 6) is 1.47. The lowest BCUT2D eigenvalue weighted by Crippen LogP contribution is -2.50. The van der Waals surface area contributed by atoms with Gasteiger partial charge in [0, 0.05) is 24.9 Å². The molecule has 3 atom stereocenters. The van der Waals surface area contributed by atoms with Crippen molar-refractivity contribution < 1.29 is 17.6 Å². The molecule has 174 valence electrons. The van der Waals surface area contributed by atoms with E-state index < -0.39 is 15.3 Å². The molecule has 3 unspecified atom stereocenters. The van der Waals surface area contributed by atoms with Crippen LogP contribution in [0, 0.1) is 18.8 Å². The van der Waals surface area contributed by atoms with Gasteiger partial charge in [0.2, 0.25) is 15.9 Å². The van der Waals surface area contributed by atoms with Crippen LogP contribution in [0.4, 0.5) is 0 Å². The highest BCUT2D eigenvalue weighted by atomic mass is 32.2. The zero-order valence-electron chi connectivity index (χ0n) is 19.0. The fourth-order valence-electron chi connectivity index (χ4n) is 4.97. The topological polar surface area (TPSA) is 91.7 Å². The Balaban J connectivity index is 1.35. The smallest absolute Gasteiger partial charge is 0.223 e. The van der Waals surface area contributed by atoms with Gasteiger partial charge in [-0.2, -0.15) is 4.72 Å². The van der Waals surface area contributed by atoms with Crippen LogP contribution < -0.4 is 10.0 Å². The summed E-state index contributed by atoms with van der Waals surface area (Å²) in [4.78, 5) is 14.8. The molecule has 1 amide bonds. The van der Waals surface area contributed by atoms with Gasteiger partial charge in [-0.1, -0.05) is 38.1 Å². The molecule has 1 aromatic carbocycles. The van der Waals surface area contributed by atoms with Gasteiger partial charge in [0.1, 0.15) is 16.8 Å². The number of sulfonamides is 1. The molecule has 0 bridgehead atoms. The predicted molar refractivity (Wildman–Crippen MR) is 123 cm³/mol. The van der Waals surface area contributed by atoms with E-state index in [2.05, 4.69) is 21.9 Å². The van der Waals surface area contributed by atoms with Crippen molar-refractivity contribution in [3.05, 3.63) is 59.0 Å². The summed E-state index contributed by atoms with van der Waals surface area (Å²) >= 11 is 0. The molecule has 2 fully saturated rings. The summed E-state index contributed by atoms with van der Waals surface area (Å²) in [5, 5.41) is 2.40. The molecule has 4 rings (SSSR count). The zero-order chi connectivity index (χ0) is 22.9. The number of rotatable bonds is 6. The molecular weight excluding hydrogens is 426 g/mol. The Labute approximate surface area is 190 Å². The van der Waals surface area contributed by atoms with Crippen molar-refractivity contribution in [3.63, 3.8) is 0 Å². The van der Waals surface area contributed by atoms with Gasteiger partial charge in [0.15, 0.2) is 0 Å². The van der Waals surface area contributed by atoms with E-state index in [-0.39, 0.29) is 23.9 Å². The number of carbonyl (C=O) groups is 1. The predicted octanol–water partition coefficient (Wildman–Crippen LogP) is 3.12. The van der Waals surface area contributed by atoms with Crippen LogP contribution in [0.1, 0.15) is 54.6 Å². The average molecular weight is 460 g/mol. The minimum atomic E-state index is -3.46. The molecule has 32 heavy (non-hydrogen) atoms. The third-order valence-electron chi connectivity index (χ3n) is 6.84. The summed E-state index contributed by atoms with van der Waals surface area (Å²) in [7, 11) is -3.46. The van der Waals surface area contributed by atoms with Crippen LogP contribution in [-0.2, 0) is 27.8 Å². The number of carbonyl (C=O) groups excluding carboxylic acids is 1. The number of amides is 1. The first-order valence-electron chi connectivity index (χ1n) is 11.5. The second-order valence-corrected chi connectivity index (χ2v) is 10.9. The first-order valence-corrected chi connectivity index (χ1v) is 13.0. The van der Waals surface area contributed by atoms with Gasteiger partial charge in [-0.25, -0.2) is 8.42 Å². The molecule has 7 nitrogen and oxygen atoms in total. The minimum absolute atomic E-state index is 0.0349. The molecule has 2 aliphatic heterocycles. The van der Waals surface area contributed by atoms with Crippen LogP contribution in [0.3, 0.4) is 0 Å². The summed E-state index contributed by atoms with van der Waals surface area (Å²) in [5.41, 5.74) is 2.04. The first kappa shape index (κ1) is 23.0. The monoisotopic (exact) mass is 459 g/mol. The summed E-state index contributed by atoms with van der Waals surface area (Å²) in [6.45, 7) is 7.75. The van der Waals surface area contributed by atoms with Gasteiger partial charge in [-0.05, 0) is 49.4 Å². The Morgan fingerprint density at radius 1 is 1.16 bits per heavy atom. The number of benzene rings is 1. The molecule has 3 heterocycles. The largest absolute Gasteiger partial charge is 0.465 e. The van der Waals surface area contributed by atoms with Crippen molar-refractivity contribution in [1.82, 2.24) is 14.9 Å². The number of nitrogens with zero attached hydrogens (tertiary/aromatic N) is 1. The highest BCUT2D eigenvalue weighted by Crippen LogP contribution is 2.39. The van der Waals surface area contributed by atoms with E-state index in [1.807, 2.05) is 50.2 Å². The number of hydrogen-bond donors (Lipinski definition) is 2. The maximum atomic E-state index is 13.0. The van der Waals surface area contributed by atoms with E-state index in [1.165, 1.54) is 5.56 Å². The van der Waals surface area contributed by atoms with Gasteiger partial charge >= 0.3 is 0 Å². The average Bonchev–Trinajstić information content (AvgIpc) is 3.31. The van der Waals surface area contributed by atoms with Crippen molar-refractivity contribution >= 4 is 15.9 Å². The maximum absolute atomic E-state index is 13.0. The van der Waals surface area contributed by atoms with E-state index in [9.17, 15) is 13.2 Å². The lowest BCUT2D eigenvalue weighted by molar-refractivity contribution is -0.127. The van der Waals surface area contributed by atoms with Gasteiger partial charge < -0.3 is 9.73 Å². The Bertz CT molecular complexity index is 1040. The lowest BCUT2D eigenvalue weighted by Gasteiger charge is -2.36. The molecule has 0 aliphatic carbocycles. The minimum Gasteiger partial charge on any atom is -0.465 e. The molecular formula is C24H33N3O4S. The molecule has 0 radical (unpaired) electrons. The second-order valence-electron chi connectivity index (χ2n) is 9.02. The van der Waals surface area contributed by atoms with E-state index in [0.717, 1.165) is 23.5 Å². The third-order valence-corrected chi connectivity index (χ3v) is 8.78. The van der Waals surface area contributed by atoms with Gasteiger partial charge in [0.25, 0.3) is 0 Å². The Hall–Kier alpha value is -2.16. The van der Waals surface area contributed by atoms with Crippen LogP contribution in [0.25, 0.3) is 0 Å².